The van der Waals surface area contributed by atoms with Crippen molar-refractivity contribution in [1.29, 1.82) is 0 Å². The van der Waals surface area contributed by atoms with Crippen molar-refractivity contribution in [2.75, 3.05) is 39.6 Å². The highest BCUT2D eigenvalue weighted by atomic mass is 31.2. The molecule has 0 amide bonds. The Labute approximate surface area is 562 Å². The van der Waals surface area contributed by atoms with Crippen LogP contribution in [0.4, 0.5) is 0 Å². The van der Waals surface area contributed by atoms with Gasteiger partial charge in [-0.2, -0.15) is 0 Å². The molecule has 0 aliphatic rings. The minimum Gasteiger partial charge on any atom is -0.462 e. The Morgan fingerprint density at radius 2 is 0.554 bits per heavy atom. The van der Waals surface area contributed by atoms with E-state index < -0.39 is 97.5 Å². The van der Waals surface area contributed by atoms with Crippen molar-refractivity contribution < 1.29 is 80.2 Å². The molecular weight excluding hydrogens is 1210 g/mol. The van der Waals surface area contributed by atoms with E-state index in [1.807, 2.05) is 0 Å². The normalized spacial score (nSPS) is 14.4. The van der Waals surface area contributed by atoms with Gasteiger partial charge in [0.15, 0.2) is 12.2 Å². The van der Waals surface area contributed by atoms with Crippen molar-refractivity contribution in [1.82, 2.24) is 0 Å². The third-order valence-corrected chi connectivity index (χ3v) is 19.1. The number of carbonyl (C=O) groups is 4. The molecule has 0 rings (SSSR count). The van der Waals surface area contributed by atoms with Gasteiger partial charge in [0.2, 0.25) is 0 Å². The number of phosphoric ester groups is 2. The van der Waals surface area contributed by atoms with E-state index in [1.165, 1.54) is 180 Å². The molecule has 0 aromatic carbocycles. The Morgan fingerprint density at radius 1 is 0.315 bits per heavy atom. The molecule has 0 aliphatic heterocycles. The van der Waals surface area contributed by atoms with Gasteiger partial charge in [0.05, 0.1) is 26.4 Å². The summed E-state index contributed by atoms with van der Waals surface area (Å²) in [6, 6.07) is 0. The first-order chi connectivity index (χ1) is 44.3. The van der Waals surface area contributed by atoms with Gasteiger partial charge in [-0.15, -0.1) is 0 Å². The summed E-state index contributed by atoms with van der Waals surface area (Å²) in [5.41, 5.74) is 0. The minimum absolute atomic E-state index is 0.103. The van der Waals surface area contributed by atoms with Crippen molar-refractivity contribution in [3.63, 3.8) is 0 Å². The van der Waals surface area contributed by atoms with Gasteiger partial charge >= 0.3 is 39.5 Å². The SMILES string of the molecule is CCCCCCCCCCCCC(=O)OC[C@H](COP(=O)(O)OC[C@H](O)COP(=O)(O)OC[C@@H](COC(=O)CCCCCCCCCCCCCCCC(C)C)OC(=O)CCCCCCCCCCCCCCCC(C)C)OC(=O)CCCCCCCCC(C)CC. The van der Waals surface area contributed by atoms with Crippen molar-refractivity contribution in [2.24, 2.45) is 17.8 Å². The summed E-state index contributed by atoms with van der Waals surface area (Å²) < 4.78 is 68.4. The smallest absolute Gasteiger partial charge is 0.462 e. The molecule has 17 nitrogen and oxygen atoms in total. The van der Waals surface area contributed by atoms with Gasteiger partial charge in [0.25, 0.3) is 0 Å². The van der Waals surface area contributed by atoms with Crippen molar-refractivity contribution in [3.05, 3.63) is 0 Å². The quantitative estimate of drug-likeness (QED) is 0.0222. The van der Waals surface area contributed by atoms with Gasteiger partial charge in [0.1, 0.15) is 19.3 Å². The fraction of sp³-hybridized carbons (Fsp3) is 0.945. The number of ether oxygens (including phenoxy) is 4. The van der Waals surface area contributed by atoms with Crippen molar-refractivity contribution >= 4 is 39.5 Å². The lowest BCUT2D eigenvalue weighted by molar-refractivity contribution is -0.161. The Kier molecular flexibility index (Phi) is 62.4. The second-order valence-electron chi connectivity index (χ2n) is 27.5. The zero-order chi connectivity index (χ0) is 68.0. The topological polar surface area (TPSA) is 237 Å². The highest BCUT2D eigenvalue weighted by molar-refractivity contribution is 7.47. The first-order valence-corrected chi connectivity index (χ1v) is 40.9. The van der Waals surface area contributed by atoms with Crippen LogP contribution in [0.2, 0.25) is 0 Å². The van der Waals surface area contributed by atoms with Gasteiger partial charge in [-0.1, -0.05) is 318 Å². The lowest BCUT2D eigenvalue weighted by Crippen LogP contribution is -2.30. The summed E-state index contributed by atoms with van der Waals surface area (Å²) in [4.78, 5) is 72.6. The second kappa shape index (κ2) is 63.8. The van der Waals surface area contributed by atoms with Crippen LogP contribution in [0.1, 0.15) is 370 Å². The molecule has 19 heteroatoms. The molecule has 0 fully saturated rings. The molecule has 3 N–H and O–H groups in total. The first-order valence-electron chi connectivity index (χ1n) is 37.9. The summed E-state index contributed by atoms with van der Waals surface area (Å²) in [5, 5.41) is 10.6. The molecule has 0 saturated heterocycles. The lowest BCUT2D eigenvalue weighted by Gasteiger charge is -2.21. The van der Waals surface area contributed by atoms with E-state index in [1.54, 1.807) is 0 Å². The van der Waals surface area contributed by atoms with E-state index in [4.69, 9.17) is 37.0 Å². The van der Waals surface area contributed by atoms with E-state index in [-0.39, 0.29) is 25.7 Å². The second-order valence-corrected chi connectivity index (χ2v) is 30.4. The maximum atomic E-state index is 13.1. The molecule has 3 unspecified atom stereocenters. The van der Waals surface area contributed by atoms with Crippen LogP contribution >= 0.6 is 15.6 Å². The third kappa shape index (κ3) is 65.4. The number of unbranched alkanes of at least 4 members (excludes halogenated alkanes) is 38. The maximum absolute atomic E-state index is 13.1. The number of rotatable bonds is 71. The monoisotopic (exact) mass is 1350 g/mol. The zero-order valence-corrected chi connectivity index (χ0v) is 61.8. The molecule has 546 valence electrons. The number of phosphoric acid groups is 2. The molecular formula is C73H142O17P2. The molecule has 0 heterocycles. The molecule has 0 saturated carbocycles. The first kappa shape index (κ1) is 90.1. The van der Waals surface area contributed by atoms with Gasteiger partial charge in [-0.25, -0.2) is 9.13 Å². The highest BCUT2D eigenvalue weighted by Gasteiger charge is 2.30. The highest BCUT2D eigenvalue weighted by Crippen LogP contribution is 2.45. The predicted molar refractivity (Wildman–Crippen MR) is 372 cm³/mol. The molecule has 0 bridgehead atoms. The molecule has 0 spiro atoms. The molecule has 6 atom stereocenters. The third-order valence-electron chi connectivity index (χ3n) is 17.2. The molecule has 0 radical (unpaired) electrons. The lowest BCUT2D eigenvalue weighted by atomic mass is 10.00. The number of aliphatic hydroxyl groups is 1. The largest absolute Gasteiger partial charge is 0.472 e. The van der Waals surface area contributed by atoms with Crippen LogP contribution in [0.3, 0.4) is 0 Å². The standard InChI is InChI=1S/C73H142O17P2/c1-8-10-11-12-13-14-27-32-40-47-54-70(75)84-61-69(90-73(78)57-50-43-36-35-39-46-53-66(7)9-2)63-88-92(81,82)86-59-67(74)58-85-91(79,80)87-62-68(89-72(77)56-49-42-34-29-24-20-16-18-22-26-31-38-45-52-65(5)6)60-83-71(76)55-48-41-33-28-23-19-15-17-21-25-30-37-44-51-64(3)4/h64-69,74H,8-63H2,1-7H3,(H,79,80)(H,81,82)/t66?,67-,68-,69-/m1/s1. The number of esters is 4. The number of carbonyl (C=O) groups excluding carboxylic acids is 4. The van der Waals surface area contributed by atoms with Crippen LogP contribution in [0.5, 0.6) is 0 Å². The summed E-state index contributed by atoms with van der Waals surface area (Å²) in [6.45, 7) is 11.9. The van der Waals surface area contributed by atoms with Crippen molar-refractivity contribution in [2.45, 2.75) is 388 Å². The van der Waals surface area contributed by atoms with Crippen LogP contribution < -0.4 is 0 Å². The molecule has 92 heavy (non-hydrogen) atoms. The maximum Gasteiger partial charge on any atom is 0.472 e. The Balaban J connectivity index is 5.24. The van der Waals surface area contributed by atoms with E-state index in [9.17, 15) is 43.2 Å². The van der Waals surface area contributed by atoms with Gasteiger partial charge < -0.3 is 33.8 Å². The summed E-state index contributed by atoms with van der Waals surface area (Å²) in [6.07, 6.45) is 48.6. The molecule has 0 aromatic rings. The Bertz CT molecular complexity index is 1800. The van der Waals surface area contributed by atoms with E-state index in [2.05, 4.69) is 48.5 Å². The van der Waals surface area contributed by atoms with E-state index in [0.29, 0.717) is 25.7 Å². The Hall–Kier alpha value is -1.94. The van der Waals surface area contributed by atoms with Crippen LogP contribution in [0, 0.1) is 17.8 Å². The molecule has 0 aromatic heterocycles. The fourth-order valence-corrected chi connectivity index (χ4v) is 12.6. The van der Waals surface area contributed by atoms with Gasteiger partial charge in [-0.3, -0.25) is 37.3 Å². The van der Waals surface area contributed by atoms with E-state index in [0.717, 1.165) is 108 Å². The van der Waals surface area contributed by atoms with E-state index >= 15 is 0 Å². The fourth-order valence-electron chi connectivity index (χ4n) is 11.0. The number of hydrogen-bond donors (Lipinski definition) is 3. The van der Waals surface area contributed by atoms with Crippen LogP contribution in [0.25, 0.3) is 0 Å². The van der Waals surface area contributed by atoms with Crippen LogP contribution in [-0.4, -0.2) is 96.7 Å². The summed E-state index contributed by atoms with van der Waals surface area (Å²) in [5.74, 6) is 0.174. The molecule has 0 aliphatic carbocycles. The average Bonchev–Trinajstić information content (AvgIpc) is 2.65. The van der Waals surface area contributed by atoms with Crippen LogP contribution in [-0.2, 0) is 65.4 Å². The summed E-state index contributed by atoms with van der Waals surface area (Å²) >= 11 is 0. The van der Waals surface area contributed by atoms with Gasteiger partial charge in [-0.05, 0) is 43.4 Å². The number of aliphatic hydroxyl groups excluding tert-OH is 1. The van der Waals surface area contributed by atoms with Crippen molar-refractivity contribution in [3.8, 4) is 0 Å². The minimum atomic E-state index is -4.96. The predicted octanol–water partition coefficient (Wildman–Crippen LogP) is 21.0. The zero-order valence-electron chi connectivity index (χ0n) is 60.0. The van der Waals surface area contributed by atoms with Gasteiger partial charge in [0, 0.05) is 25.7 Å². The number of hydrogen-bond acceptors (Lipinski definition) is 15. The average molecular weight is 1350 g/mol. The summed E-state index contributed by atoms with van der Waals surface area (Å²) in [7, 11) is -9.90. The van der Waals surface area contributed by atoms with Crippen LogP contribution in [0.15, 0.2) is 0 Å². The Morgan fingerprint density at radius 3 is 0.826 bits per heavy atom.